The molecular weight excluding hydrogens is 737 g/mol. The summed E-state index contributed by atoms with van der Waals surface area (Å²) in [6, 6.07) is 24.6. The molecular formula is C44H39Cl2N3O6. The number of phenols is 1. The molecule has 55 heavy (non-hydrogen) atoms. The largest absolute Gasteiger partial charge is 0.507 e. The van der Waals surface area contributed by atoms with Gasteiger partial charge in [0.25, 0.3) is 11.8 Å². The fourth-order valence-electron chi connectivity index (χ4n) is 9.49. The second-order valence-electron chi connectivity index (χ2n) is 14.6. The lowest BCUT2D eigenvalue weighted by molar-refractivity contribution is -0.138. The zero-order chi connectivity index (χ0) is 38.8. The van der Waals surface area contributed by atoms with E-state index in [0.717, 1.165) is 22.6 Å². The number of aryl methyl sites for hydroxylation is 1. The number of rotatable bonds is 9. The quantitative estimate of drug-likeness (QED) is 0.130. The van der Waals surface area contributed by atoms with Gasteiger partial charge in [-0.25, -0.2) is 0 Å². The number of halogens is 2. The smallest absolute Gasteiger partial charge is 0.260 e. The Morgan fingerprint density at radius 3 is 2.36 bits per heavy atom. The van der Waals surface area contributed by atoms with Crippen LogP contribution in [-0.2, 0) is 37.4 Å². The van der Waals surface area contributed by atoms with E-state index in [0.29, 0.717) is 45.3 Å². The molecule has 0 bridgehead atoms. The van der Waals surface area contributed by atoms with Crippen LogP contribution in [0, 0.1) is 23.7 Å². The van der Waals surface area contributed by atoms with E-state index in [1.165, 1.54) is 11.0 Å². The van der Waals surface area contributed by atoms with E-state index in [2.05, 4.69) is 12.0 Å². The van der Waals surface area contributed by atoms with E-state index in [4.69, 9.17) is 27.9 Å². The van der Waals surface area contributed by atoms with Crippen molar-refractivity contribution in [2.75, 3.05) is 17.4 Å². The van der Waals surface area contributed by atoms with Gasteiger partial charge in [-0.15, -0.1) is 6.58 Å². The second kappa shape index (κ2) is 14.0. The second-order valence-corrected chi connectivity index (χ2v) is 15.4. The Kier molecular flexibility index (Phi) is 9.34. The molecule has 4 aromatic carbocycles. The number of carbonyl (C=O) groups excluding carboxylic acids is 4. The molecule has 2 N–H and O–H groups in total. The van der Waals surface area contributed by atoms with Crippen LogP contribution in [0.3, 0.4) is 0 Å². The molecule has 11 heteroatoms. The number of phenolic OH excluding ortho intramolecular Hbond substituents is 1. The fraction of sp³-hybridized carbons (Fsp3) is 0.273. The number of anilines is 2. The van der Waals surface area contributed by atoms with Crippen LogP contribution in [0.15, 0.2) is 109 Å². The highest BCUT2D eigenvalue weighted by molar-refractivity contribution is 6.36. The maximum absolute atomic E-state index is 15.5. The molecule has 1 saturated carbocycles. The number of nitrogens with one attached hydrogen (secondary N) is 1. The van der Waals surface area contributed by atoms with E-state index in [1.54, 1.807) is 73.8 Å². The van der Waals surface area contributed by atoms with Gasteiger partial charge in [0, 0.05) is 16.5 Å². The average Bonchev–Trinajstić information content (AvgIpc) is 3.57. The third kappa shape index (κ3) is 5.58. The van der Waals surface area contributed by atoms with Crippen LogP contribution >= 0.6 is 23.2 Å². The Bertz CT molecular complexity index is 2290. The molecule has 3 fully saturated rings. The number of fused-ring (bicyclic) bond motifs is 4. The summed E-state index contributed by atoms with van der Waals surface area (Å²) < 4.78 is 5.49. The zero-order valence-corrected chi connectivity index (χ0v) is 31.8. The van der Waals surface area contributed by atoms with Crippen molar-refractivity contribution in [1.82, 2.24) is 5.01 Å². The Hall–Kier alpha value is -5.38. The number of imide groups is 2. The van der Waals surface area contributed by atoms with E-state index in [-0.39, 0.29) is 35.4 Å². The first-order valence-electron chi connectivity index (χ1n) is 18.4. The standard InChI is InChI=1S/C44H39Cl2N3O6/c1-4-7-25-8-6-9-32(39(25)50)38-30-19-20-31-37(42(53)48(40(31)51)28-15-10-24(5-2)11-16-28)33(30)23-34-41(52)49(47-36-21-14-27(45)22-35(36)46)43(54)44(34,38)26-12-17-29(55-3)18-13-26/h4,6,8-19,21-22,31,33-34,37-38,47,50H,1,5,7,20,23H2,2-3H3. The lowest BCUT2D eigenvalue weighted by Crippen LogP contribution is -2.53. The topological polar surface area (TPSA) is 116 Å². The van der Waals surface area contributed by atoms with Crippen molar-refractivity contribution in [2.45, 2.75) is 43.9 Å². The molecule has 2 saturated heterocycles. The number of aromatic hydroxyl groups is 1. The summed E-state index contributed by atoms with van der Waals surface area (Å²) in [5, 5.41) is 13.7. The molecule has 0 spiro atoms. The molecule has 6 unspecified atom stereocenters. The SMILES string of the molecule is C=CCc1cccc(C2C3=CCC4C(=O)N(c5ccc(CC)cc5)C(=O)C4C3CC3C(=O)N(Nc4ccc(Cl)cc4Cl)C(=O)C32c2ccc(OC)cc2)c1O. The Morgan fingerprint density at radius 2 is 1.69 bits per heavy atom. The molecule has 2 aliphatic heterocycles. The van der Waals surface area contributed by atoms with Gasteiger partial charge in [-0.3, -0.25) is 29.5 Å². The van der Waals surface area contributed by atoms with Crippen LogP contribution in [0.25, 0.3) is 0 Å². The summed E-state index contributed by atoms with van der Waals surface area (Å²) in [5.41, 5.74) is 5.58. The minimum atomic E-state index is -1.60. The summed E-state index contributed by atoms with van der Waals surface area (Å²) in [7, 11) is 1.55. The number of benzene rings is 4. The van der Waals surface area contributed by atoms with E-state index < -0.39 is 46.8 Å². The molecule has 8 rings (SSSR count). The maximum Gasteiger partial charge on any atom is 0.260 e. The molecule has 2 aliphatic carbocycles. The predicted octanol–water partition coefficient (Wildman–Crippen LogP) is 8.19. The highest BCUT2D eigenvalue weighted by Crippen LogP contribution is 2.65. The van der Waals surface area contributed by atoms with Crippen LogP contribution < -0.4 is 15.1 Å². The number of hydrazine groups is 1. The van der Waals surface area contributed by atoms with Gasteiger partial charge in [-0.1, -0.05) is 90.3 Å². The van der Waals surface area contributed by atoms with Crippen LogP contribution in [0.2, 0.25) is 10.0 Å². The third-order valence-electron chi connectivity index (χ3n) is 12.0. The van der Waals surface area contributed by atoms with Crippen molar-refractivity contribution in [3.8, 4) is 11.5 Å². The normalized spacial score (nSPS) is 25.7. The summed E-state index contributed by atoms with van der Waals surface area (Å²) in [5.74, 6) is -5.16. The Morgan fingerprint density at radius 1 is 0.945 bits per heavy atom. The van der Waals surface area contributed by atoms with Crippen molar-refractivity contribution in [2.24, 2.45) is 23.7 Å². The monoisotopic (exact) mass is 775 g/mol. The molecule has 2 heterocycles. The minimum absolute atomic E-state index is 0.0263. The lowest BCUT2D eigenvalue weighted by atomic mass is 9.49. The van der Waals surface area contributed by atoms with Crippen molar-refractivity contribution in [3.05, 3.63) is 142 Å². The maximum atomic E-state index is 15.5. The van der Waals surface area contributed by atoms with Gasteiger partial charge in [-0.2, -0.15) is 5.01 Å². The van der Waals surface area contributed by atoms with Gasteiger partial charge in [0.1, 0.15) is 11.5 Å². The highest BCUT2D eigenvalue weighted by atomic mass is 35.5. The summed E-state index contributed by atoms with van der Waals surface area (Å²) in [6.07, 6.45) is 5.17. The number of hydrogen-bond donors (Lipinski definition) is 2. The lowest BCUT2D eigenvalue weighted by Gasteiger charge is -2.50. The van der Waals surface area contributed by atoms with Crippen LogP contribution in [-0.4, -0.2) is 40.9 Å². The molecule has 4 amide bonds. The minimum Gasteiger partial charge on any atom is -0.507 e. The number of carbonyl (C=O) groups is 4. The van der Waals surface area contributed by atoms with E-state index >= 15 is 9.59 Å². The molecule has 280 valence electrons. The van der Waals surface area contributed by atoms with E-state index in [9.17, 15) is 14.7 Å². The number of ether oxygens (including phenoxy) is 1. The molecule has 9 nitrogen and oxygen atoms in total. The summed E-state index contributed by atoms with van der Waals surface area (Å²) in [6.45, 7) is 5.91. The zero-order valence-electron chi connectivity index (χ0n) is 30.3. The Labute approximate surface area is 329 Å². The molecule has 0 radical (unpaired) electrons. The van der Waals surface area contributed by atoms with Gasteiger partial charge in [-0.05, 0) is 90.8 Å². The number of allylic oxidation sites excluding steroid dienone is 3. The van der Waals surface area contributed by atoms with Crippen molar-refractivity contribution >= 4 is 58.2 Å². The first-order chi connectivity index (χ1) is 26.5. The van der Waals surface area contributed by atoms with Gasteiger partial charge in [0.2, 0.25) is 11.8 Å². The molecule has 6 atom stereocenters. The first kappa shape index (κ1) is 36.6. The molecule has 0 aromatic heterocycles. The van der Waals surface area contributed by atoms with Gasteiger partial charge >= 0.3 is 0 Å². The highest BCUT2D eigenvalue weighted by Gasteiger charge is 2.70. The first-order valence-corrected chi connectivity index (χ1v) is 19.1. The average molecular weight is 777 g/mol. The summed E-state index contributed by atoms with van der Waals surface area (Å²) in [4.78, 5) is 60.6. The van der Waals surface area contributed by atoms with Crippen LogP contribution in [0.4, 0.5) is 11.4 Å². The van der Waals surface area contributed by atoms with Gasteiger partial charge < -0.3 is 9.84 Å². The van der Waals surface area contributed by atoms with Crippen LogP contribution in [0.1, 0.15) is 47.9 Å². The third-order valence-corrected chi connectivity index (χ3v) is 12.6. The van der Waals surface area contributed by atoms with Crippen molar-refractivity contribution in [1.29, 1.82) is 0 Å². The molecule has 4 aromatic rings. The van der Waals surface area contributed by atoms with Gasteiger partial charge in [0.05, 0.1) is 46.7 Å². The number of amides is 4. The Balaban J connectivity index is 1.34. The fourth-order valence-corrected chi connectivity index (χ4v) is 9.94. The van der Waals surface area contributed by atoms with Crippen LogP contribution in [0.5, 0.6) is 11.5 Å². The van der Waals surface area contributed by atoms with Gasteiger partial charge in [0.15, 0.2) is 0 Å². The van der Waals surface area contributed by atoms with Crippen molar-refractivity contribution < 1.29 is 29.0 Å². The number of hydrogen-bond acceptors (Lipinski definition) is 7. The molecule has 4 aliphatic rings. The number of nitrogens with zero attached hydrogens (tertiary/aromatic N) is 2. The summed E-state index contributed by atoms with van der Waals surface area (Å²) >= 11 is 12.8. The number of methoxy groups -OCH3 is 1. The number of para-hydroxylation sites is 1. The van der Waals surface area contributed by atoms with E-state index in [1.807, 2.05) is 31.2 Å². The van der Waals surface area contributed by atoms with Crippen molar-refractivity contribution in [3.63, 3.8) is 0 Å². The predicted molar refractivity (Wildman–Crippen MR) is 211 cm³/mol.